The fourth-order valence-electron chi connectivity index (χ4n) is 2.75. The minimum absolute atomic E-state index is 0.0499. The molecule has 1 aliphatic rings. The molecule has 1 aromatic heterocycles. The van der Waals surface area contributed by atoms with Gasteiger partial charge in [0.1, 0.15) is 0 Å². The molecule has 0 aliphatic carbocycles. The lowest BCUT2D eigenvalue weighted by Crippen LogP contribution is -2.46. The lowest BCUT2D eigenvalue weighted by molar-refractivity contribution is -0.137. The van der Waals surface area contributed by atoms with Gasteiger partial charge in [-0.3, -0.25) is 4.79 Å². The zero-order valence-electron chi connectivity index (χ0n) is 13.1. The predicted molar refractivity (Wildman–Crippen MR) is 90.2 cm³/mol. The summed E-state index contributed by atoms with van der Waals surface area (Å²) in [7, 11) is 0. The van der Waals surface area contributed by atoms with Crippen molar-refractivity contribution >= 4 is 27.8 Å². The van der Waals surface area contributed by atoms with Crippen LogP contribution in [-0.4, -0.2) is 32.0 Å². The molecule has 24 heavy (non-hydrogen) atoms. The second-order valence-electron chi connectivity index (χ2n) is 5.72. The summed E-state index contributed by atoms with van der Waals surface area (Å²) in [6.45, 7) is 4.27. The number of ketones is 1. The van der Waals surface area contributed by atoms with Gasteiger partial charge in [-0.2, -0.15) is 13.2 Å². The molecule has 0 spiro atoms. The van der Waals surface area contributed by atoms with E-state index in [4.69, 9.17) is 0 Å². The van der Waals surface area contributed by atoms with Crippen molar-refractivity contribution in [3.05, 3.63) is 46.8 Å². The van der Waals surface area contributed by atoms with Crippen molar-refractivity contribution < 1.29 is 18.0 Å². The van der Waals surface area contributed by atoms with Gasteiger partial charge in [0.15, 0.2) is 5.78 Å². The minimum atomic E-state index is -4.32. The quantitative estimate of drug-likeness (QED) is 0.768. The first-order chi connectivity index (χ1) is 11.3. The summed E-state index contributed by atoms with van der Waals surface area (Å²) in [5.74, 6) is 0.0499. The van der Waals surface area contributed by atoms with Crippen LogP contribution in [0.25, 0.3) is 0 Å². The Balaban J connectivity index is 1.67. The molecule has 0 saturated carbocycles. The Morgan fingerprint density at radius 2 is 1.71 bits per heavy atom. The molecule has 1 aromatic carbocycles. The molecule has 0 radical (unpaired) electrons. The van der Waals surface area contributed by atoms with Crippen LogP contribution in [0.5, 0.6) is 0 Å². The third-order valence-electron chi connectivity index (χ3n) is 4.07. The molecular formula is C17H17F3N2OS. The van der Waals surface area contributed by atoms with Crippen LogP contribution >= 0.6 is 11.3 Å². The number of nitrogens with zero attached hydrogens (tertiary/aromatic N) is 2. The summed E-state index contributed by atoms with van der Waals surface area (Å²) in [4.78, 5) is 16.2. The molecule has 2 aromatic rings. The van der Waals surface area contributed by atoms with Gasteiger partial charge in [0.05, 0.1) is 15.4 Å². The Kier molecular flexibility index (Phi) is 4.54. The Hall–Kier alpha value is -2.02. The lowest BCUT2D eigenvalue weighted by Gasteiger charge is -2.36. The maximum absolute atomic E-state index is 12.8. The molecule has 7 heteroatoms. The summed E-state index contributed by atoms with van der Waals surface area (Å²) >= 11 is 1.46. The molecular weight excluding hydrogens is 337 g/mol. The van der Waals surface area contributed by atoms with Crippen molar-refractivity contribution in [2.24, 2.45) is 0 Å². The summed E-state index contributed by atoms with van der Waals surface area (Å²) in [6.07, 6.45) is -4.32. The number of piperazine rings is 1. The van der Waals surface area contributed by atoms with Gasteiger partial charge in [-0.1, -0.05) is 6.07 Å². The Labute approximate surface area is 142 Å². The van der Waals surface area contributed by atoms with Gasteiger partial charge < -0.3 is 9.80 Å². The summed E-state index contributed by atoms with van der Waals surface area (Å²) in [6, 6.07) is 9.21. The number of carbonyl (C=O) groups excluding carboxylic acids is 1. The second kappa shape index (κ2) is 6.47. The molecule has 128 valence electrons. The van der Waals surface area contributed by atoms with Crippen LogP contribution in [0.1, 0.15) is 22.2 Å². The largest absolute Gasteiger partial charge is 0.416 e. The number of Topliss-reactive ketones (excluding diaryl/α,β-unsaturated/α-hetero) is 1. The van der Waals surface area contributed by atoms with Crippen molar-refractivity contribution in [1.29, 1.82) is 0 Å². The zero-order valence-corrected chi connectivity index (χ0v) is 14.0. The first kappa shape index (κ1) is 16.8. The monoisotopic (exact) mass is 354 g/mol. The first-order valence-corrected chi connectivity index (χ1v) is 8.44. The Bertz CT molecular complexity index is 733. The lowest BCUT2D eigenvalue weighted by atomic mass is 10.1. The smallest absolute Gasteiger partial charge is 0.368 e. The molecule has 3 rings (SSSR count). The van der Waals surface area contributed by atoms with Crippen LogP contribution in [0.2, 0.25) is 0 Å². The summed E-state index contributed by atoms with van der Waals surface area (Å²) in [5, 5.41) is 1.03. The van der Waals surface area contributed by atoms with E-state index in [0.29, 0.717) is 31.9 Å². The average Bonchev–Trinajstić information content (AvgIpc) is 3.05. The number of hydrogen-bond acceptors (Lipinski definition) is 4. The Morgan fingerprint density at radius 1 is 1.04 bits per heavy atom. The van der Waals surface area contributed by atoms with Crippen molar-refractivity contribution in [3.63, 3.8) is 0 Å². The fraction of sp³-hybridized carbons (Fsp3) is 0.353. The molecule has 2 heterocycles. The minimum Gasteiger partial charge on any atom is -0.368 e. The van der Waals surface area contributed by atoms with Gasteiger partial charge in [-0.15, -0.1) is 11.3 Å². The van der Waals surface area contributed by atoms with E-state index in [-0.39, 0.29) is 5.78 Å². The first-order valence-electron chi connectivity index (χ1n) is 7.62. The van der Waals surface area contributed by atoms with Crippen LogP contribution < -0.4 is 9.80 Å². The molecule has 3 nitrogen and oxygen atoms in total. The van der Waals surface area contributed by atoms with Crippen LogP contribution in [0, 0.1) is 0 Å². The highest BCUT2D eigenvalue weighted by molar-refractivity contribution is 7.18. The van der Waals surface area contributed by atoms with Crippen molar-refractivity contribution in [2.45, 2.75) is 13.1 Å². The van der Waals surface area contributed by atoms with Crippen molar-refractivity contribution in [2.75, 3.05) is 36.0 Å². The number of thiophene rings is 1. The van der Waals surface area contributed by atoms with Crippen LogP contribution in [0.15, 0.2) is 36.4 Å². The van der Waals surface area contributed by atoms with Gasteiger partial charge in [-0.05, 0) is 37.3 Å². The van der Waals surface area contributed by atoms with E-state index >= 15 is 0 Å². The molecule has 0 atom stereocenters. The number of halogens is 3. The maximum Gasteiger partial charge on any atom is 0.416 e. The zero-order chi connectivity index (χ0) is 17.3. The van der Waals surface area contributed by atoms with Gasteiger partial charge in [-0.25, -0.2) is 0 Å². The van der Waals surface area contributed by atoms with E-state index in [1.165, 1.54) is 23.5 Å². The normalized spacial score (nSPS) is 15.7. The number of carbonyl (C=O) groups is 1. The topological polar surface area (TPSA) is 23.6 Å². The maximum atomic E-state index is 12.8. The molecule has 0 unspecified atom stereocenters. The predicted octanol–water partition coefficient (Wildman–Crippen LogP) is 4.30. The van der Waals surface area contributed by atoms with Gasteiger partial charge in [0.2, 0.25) is 0 Å². The molecule has 0 N–H and O–H groups in total. The highest BCUT2D eigenvalue weighted by Crippen LogP contribution is 2.32. The molecule has 1 aliphatic heterocycles. The standard InChI is InChI=1S/C17H17F3N2OS/c1-12(23)15-5-6-16(24-15)22-9-7-21(8-10-22)14-4-2-3-13(11-14)17(18,19)20/h2-6,11H,7-10H2,1H3. The average molecular weight is 354 g/mol. The Morgan fingerprint density at radius 3 is 2.29 bits per heavy atom. The molecule has 0 bridgehead atoms. The van der Waals surface area contributed by atoms with Gasteiger partial charge in [0, 0.05) is 31.9 Å². The van der Waals surface area contributed by atoms with Gasteiger partial charge in [0.25, 0.3) is 0 Å². The van der Waals surface area contributed by atoms with E-state index in [2.05, 4.69) is 4.90 Å². The van der Waals surface area contributed by atoms with E-state index in [0.717, 1.165) is 15.9 Å². The SMILES string of the molecule is CC(=O)c1ccc(N2CCN(c3cccc(C(F)(F)F)c3)CC2)s1. The van der Waals surface area contributed by atoms with E-state index in [9.17, 15) is 18.0 Å². The third-order valence-corrected chi connectivity index (χ3v) is 5.32. The number of alkyl halides is 3. The van der Waals surface area contributed by atoms with Gasteiger partial charge >= 0.3 is 6.18 Å². The highest BCUT2D eigenvalue weighted by Gasteiger charge is 2.31. The summed E-state index contributed by atoms with van der Waals surface area (Å²) in [5.41, 5.74) is -0.0214. The van der Waals surface area contributed by atoms with Crippen LogP contribution in [0.3, 0.4) is 0 Å². The van der Waals surface area contributed by atoms with E-state index in [1.807, 2.05) is 17.0 Å². The van der Waals surface area contributed by atoms with E-state index in [1.54, 1.807) is 13.0 Å². The third kappa shape index (κ3) is 3.56. The number of hydrogen-bond donors (Lipinski definition) is 0. The number of rotatable bonds is 3. The van der Waals surface area contributed by atoms with Crippen LogP contribution in [0.4, 0.5) is 23.9 Å². The second-order valence-corrected chi connectivity index (χ2v) is 6.78. The van der Waals surface area contributed by atoms with E-state index < -0.39 is 11.7 Å². The molecule has 1 saturated heterocycles. The molecule has 0 amide bonds. The number of benzene rings is 1. The summed E-state index contributed by atoms with van der Waals surface area (Å²) < 4.78 is 38.5. The molecule has 1 fully saturated rings. The fourth-order valence-corrected chi connectivity index (χ4v) is 3.70. The van der Waals surface area contributed by atoms with Crippen molar-refractivity contribution in [3.8, 4) is 0 Å². The highest BCUT2D eigenvalue weighted by atomic mass is 32.1. The van der Waals surface area contributed by atoms with Crippen LogP contribution in [-0.2, 0) is 6.18 Å². The van der Waals surface area contributed by atoms with Crippen molar-refractivity contribution in [1.82, 2.24) is 0 Å². The number of anilines is 2.